The number of allylic oxidation sites excluding steroid dienone is 1. The van der Waals surface area contributed by atoms with Crippen LogP contribution in [0, 0.1) is 17.8 Å². The average molecular weight is 967 g/mol. The van der Waals surface area contributed by atoms with E-state index in [1.807, 2.05) is 26.8 Å². The van der Waals surface area contributed by atoms with Gasteiger partial charge in [0.1, 0.15) is 29.1 Å². The number of carbonyl (C=O) groups is 4. The fourth-order valence-corrected chi connectivity index (χ4v) is 10.9. The quantitative estimate of drug-likeness (QED) is 0.111. The van der Waals surface area contributed by atoms with E-state index in [1.165, 1.54) is 20.2 Å². The summed E-state index contributed by atoms with van der Waals surface area (Å²) >= 11 is 0. The molecule has 16 nitrogen and oxygen atoms in total. The fourth-order valence-electron chi connectivity index (χ4n) is 9.60. The Labute approximate surface area is 396 Å². The lowest BCUT2D eigenvalue weighted by Gasteiger charge is -2.43. The number of methoxy groups -OCH3 is 1. The van der Waals surface area contributed by atoms with Crippen molar-refractivity contribution < 1.29 is 55.7 Å². The molecule has 1 aromatic carbocycles. The van der Waals surface area contributed by atoms with Crippen LogP contribution in [0.3, 0.4) is 0 Å². The highest BCUT2D eigenvalue weighted by Gasteiger charge is 2.71. The summed E-state index contributed by atoms with van der Waals surface area (Å²) in [5.41, 5.74) is -4.03. The topological polar surface area (TPSA) is 207 Å². The van der Waals surface area contributed by atoms with Gasteiger partial charge in [-0.15, -0.1) is 0 Å². The monoisotopic (exact) mass is 966 g/mol. The number of rotatable bonds is 13. The number of carbonyl (C=O) groups excluding carboxylic acids is 3. The van der Waals surface area contributed by atoms with Crippen molar-refractivity contribution in [3.8, 4) is 28.8 Å². The fraction of sp³-hybridized carbons (Fsp3) is 0.592. The number of ether oxygens (including phenoxy) is 3. The maximum atomic E-state index is 18.2. The molecule has 370 valence electrons. The largest absolute Gasteiger partial charge is 0.497 e. The Kier molecular flexibility index (Phi) is 13.8. The highest BCUT2D eigenvalue weighted by atomic mass is 32.2. The van der Waals surface area contributed by atoms with Crippen molar-refractivity contribution >= 4 is 44.6 Å². The van der Waals surface area contributed by atoms with Crippen LogP contribution in [-0.4, -0.2) is 110 Å². The Bertz CT molecular complexity index is 2580. The van der Waals surface area contributed by atoms with Gasteiger partial charge in [-0.3, -0.25) is 33.9 Å². The minimum atomic E-state index is -4.35. The maximum Gasteiger partial charge on any atom is 0.408 e. The number of sulfonamides is 1. The van der Waals surface area contributed by atoms with Gasteiger partial charge < -0.3 is 24.6 Å². The number of carboxylic acid groups (broad SMARTS) is 1. The van der Waals surface area contributed by atoms with Crippen LogP contribution >= 0.6 is 0 Å². The zero-order valence-electron chi connectivity index (χ0n) is 40.2. The molecule has 68 heavy (non-hydrogen) atoms. The first-order valence-electron chi connectivity index (χ1n) is 23.5. The third-order valence-electron chi connectivity index (χ3n) is 14.4. The molecular formula is C49H64F2N6O10S. The van der Waals surface area contributed by atoms with E-state index in [9.17, 15) is 23.1 Å². The van der Waals surface area contributed by atoms with Gasteiger partial charge in [0, 0.05) is 23.8 Å². The first kappa shape index (κ1) is 50.3. The van der Waals surface area contributed by atoms with Gasteiger partial charge in [-0.1, -0.05) is 39.3 Å². The van der Waals surface area contributed by atoms with Gasteiger partial charge >= 0.3 is 12.1 Å². The summed E-state index contributed by atoms with van der Waals surface area (Å²) in [7, 11) is -2.72. The number of alkyl halides is 2. The summed E-state index contributed by atoms with van der Waals surface area (Å²) in [6, 6.07) is 1.00. The molecule has 8 atom stereocenters. The minimum Gasteiger partial charge on any atom is -0.497 e. The van der Waals surface area contributed by atoms with Crippen LogP contribution in [0.15, 0.2) is 54.7 Å². The predicted octanol–water partition coefficient (Wildman–Crippen LogP) is 7.85. The van der Waals surface area contributed by atoms with Crippen molar-refractivity contribution in [3.63, 3.8) is 0 Å². The molecule has 0 spiro atoms. The second kappa shape index (κ2) is 18.7. The zero-order chi connectivity index (χ0) is 49.7. The predicted molar refractivity (Wildman–Crippen MR) is 250 cm³/mol. The van der Waals surface area contributed by atoms with E-state index in [0.29, 0.717) is 54.7 Å². The molecule has 0 radical (unpaired) electrons. The smallest absolute Gasteiger partial charge is 0.408 e. The van der Waals surface area contributed by atoms with Gasteiger partial charge in [0.05, 0.1) is 35.5 Å². The lowest BCUT2D eigenvalue weighted by molar-refractivity contribution is -0.219. The van der Waals surface area contributed by atoms with Crippen LogP contribution in [0.4, 0.5) is 13.6 Å². The Balaban J connectivity index is 1.37. The van der Waals surface area contributed by atoms with E-state index in [1.54, 1.807) is 63.2 Å². The van der Waals surface area contributed by atoms with E-state index in [-0.39, 0.29) is 53.1 Å². The molecule has 7 rings (SSSR count). The van der Waals surface area contributed by atoms with E-state index >= 15 is 18.4 Å². The second-order valence-corrected chi connectivity index (χ2v) is 22.0. The van der Waals surface area contributed by atoms with Gasteiger partial charge in [0.25, 0.3) is 11.8 Å². The average Bonchev–Trinajstić information content (AvgIpc) is 4.19. The normalized spacial score (nSPS) is 28.8. The highest BCUT2D eigenvalue weighted by Crippen LogP contribution is 2.52. The number of pyridine rings is 2. The van der Waals surface area contributed by atoms with Crippen molar-refractivity contribution in [3.05, 3.63) is 54.7 Å². The molecule has 3 N–H and O–H groups in total. The summed E-state index contributed by atoms with van der Waals surface area (Å²) in [5, 5.41) is 14.2. The Hall–Kier alpha value is -5.59. The van der Waals surface area contributed by atoms with Crippen molar-refractivity contribution in [1.29, 1.82) is 0 Å². The van der Waals surface area contributed by atoms with Crippen LogP contribution in [-0.2, 0) is 24.4 Å². The number of amides is 4. The van der Waals surface area contributed by atoms with E-state index in [4.69, 9.17) is 19.2 Å². The third-order valence-corrected chi connectivity index (χ3v) is 16.5. The Morgan fingerprint density at radius 1 is 1.04 bits per heavy atom. The summed E-state index contributed by atoms with van der Waals surface area (Å²) in [6.45, 7) is 13.3. The van der Waals surface area contributed by atoms with E-state index < -0.39 is 92.2 Å². The molecule has 2 saturated carbocycles. The molecule has 4 heterocycles. The molecule has 4 aliphatic rings. The zero-order valence-corrected chi connectivity index (χ0v) is 41.0. The molecule has 19 heteroatoms. The summed E-state index contributed by atoms with van der Waals surface area (Å²) in [6.07, 6.45) is 5.07. The molecule has 0 bridgehead atoms. The molecule has 4 amide bonds. The van der Waals surface area contributed by atoms with E-state index in [0.717, 1.165) is 11.8 Å². The van der Waals surface area contributed by atoms with Gasteiger partial charge in [0.2, 0.25) is 21.8 Å². The first-order valence-corrected chi connectivity index (χ1v) is 25.0. The number of fused-ring (bicyclic) bond motifs is 3. The van der Waals surface area contributed by atoms with Crippen molar-refractivity contribution in [2.75, 3.05) is 7.11 Å². The number of aromatic nitrogens is 2. The molecular weight excluding hydrogens is 903 g/mol. The van der Waals surface area contributed by atoms with Crippen LogP contribution in [0.5, 0.6) is 17.4 Å². The summed E-state index contributed by atoms with van der Waals surface area (Å²) < 4.78 is 81.9. The molecule has 1 saturated heterocycles. The minimum absolute atomic E-state index is 0.0419. The van der Waals surface area contributed by atoms with Crippen molar-refractivity contribution in [1.82, 2.24) is 29.8 Å². The molecule has 3 fully saturated rings. The molecule has 2 aliphatic carbocycles. The number of hydrogen-bond donors (Lipinski definition) is 3. The molecule has 2 aromatic heterocycles. The van der Waals surface area contributed by atoms with Gasteiger partial charge in [0.15, 0.2) is 5.60 Å². The van der Waals surface area contributed by atoms with Gasteiger partial charge in [-0.25, -0.2) is 18.2 Å². The summed E-state index contributed by atoms with van der Waals surface area (Å²) in [4.78, 5) is 68.3. The Morgan fingerprint density at radius 2 is 1.75 bits per heavy atom. The molecule has 2 aliphatic heterocycles. The lowest BCUT2D eigenvalue weighted by atomic mass is 9.83. The number of nitrogens with zero attached hydrogens (tertiary/aromatic N) is 4. The third kappa shape index (κ3) is 9.42. The first-order chi connectivity index (χ1) is 31.9. The Morgan fingerprint density at radius 3 is 2.35 bits per heavy atom. The second-order valence-electron chi connectivity index (χ2n) is 19.8. The molecule has 3 aromatic rings. The maximum absolute atomic E-state index is 18.2. The number of benzene rings is 1. The number of halogens is 2. The van der Waals surface area contributed by atoms with Gasteiger partial charge in [-0.05, 0) is 133 Å². The lowest BCUT2D eigenvalue weighted by Crippen LogP contribution is -2.65. The van der Waals surface area contributed by atoms with E-state index in [2.05, 4.69) is 15.0 Å². The van der Waals surface area contributed by atoms with Crippen LogP contribution in [0.1, 0.15) is 113 Å². The number of hydrogen-bond acceptors (Lipinski definition) is 11. The van der Waals surface area contributed by atoms with Crippen molar-refractivity contribution in [2.24, 2.45) is 17.8 Å². The van der Waals surface area contributed by atoms with Gasteiger partial charge in [-0.2, -0.15) is 8.78 Å². The standard InChI is InChI=1S/C49H64F2N6O10S/c1-10-30(6)56(45(61)62)40-31(11-2)22-29(5)14-12-13-15-33-25-48(33,44(60)55-68(63,64)46(7)20-21-46)54-41(58)39-26-47(8,49(50,51)57(39)43(40)59)67-42-36-18-16-34(65-9)23-32(36)24-38(53-42)37-19-17-35(27-52-37)66-28(3)4/h13,15-19,23-24,27-31,33,39-40H,10-12,14,20-22,25-26H2,1-9H3,(H,54,58)(H,55,60)(H,61,62)/b15-13-/t29-,30?,31+,33+,39-,40-,47+,48+/m0/s1. The molecule has 1 unspecified atom stereocenters. The highest BCUT2D eigenvalue weighted by molar-refractivity contribution is 7.91. The SMILES string of the molecule is CCC(C)N(C(=O)O)[C@@H]1C(=O)N2[C@@H](C[C@@](C)(Oc3nc(-c4ccc(OC(C)C)cn4)cc4cc(OC)ccc34)C2(F)F)C(=O)N[C@]2(C(=O)NS(=O)(=O)C3(C)CC3)C[C@H]2/C=C\CC[C@H](C)C[C@H]1CC. The van der Waals surface area contributed by atoms with Crippen LogP contribution in [0.2, 0.25) is 0 Å². The van der Waals surface area contributed by atoms with Crippen LogP contribution in [0.25, 0.3) is 22.2 Å². The summed E-state index contributed by atoms with van der Waals surface area (Å²) in [5.74, 6) is -4.43. The van der Waals surface area contributed by atoms with Crippen LogP contribution < -0.4 is 24.2 Å². The van der Waals surface area contributed by atoms with Crippen molar-refractivity contribution in [2.45, 2.75) is 159 Å². The number of nitrogens with one attached hydrogen (secondary N) is 2.